The first-order valence-electron chi connectivity index (χ1n) is 8.98. The average molecular weight is 397 g/mol. The van der Waals surface area contributed by atoms with Gasteiger partial charge in [-0.3, -0.25) is 9.79 Å². The number of piperidine rings is 1. The Balaban J connectivity index is 1.90. The summed E-state index contributed by atoms with van der Waals surface area (Å²) in [6.45, 7) is 8.74. The number of hydrogen-bond acceptors (Lipinski definition) is 7. The van der Waals surface area contributed by atoms with Crippen LogP contribution in [0.25, 0.3) is 0 Å². The molecule has 1 aliphatic rings. The molecule has 0 saturated carbocycles. The number of rotatable bonds is 9. The summed E-state index contributed by atoms with van der Waals surface area (Å²) in [6.07, 6.45) is 2.13. The van der Waals surface area contributed by atoms with Gasteiger partial charge in [-0.05, 0) is 61.0 Å². The summed E-state index contributed by atoms with van der Waals surface area (Å²) in [5, 5.41) is 0. The molecule has 6 nitrogen and oxygen atoms in total. The number of nitrogens with one attached hydrogen (secondary N) is 1. The maximum Gasteiger partial charge on any atom is 0.320 e. The fourth-order valence-electron chi connectivity index (χ4n) is 2.86. The molecule has 1 aliphatic heterocycles. The van der Waals surface area contributed by atoms with Gasteiger partial charge in [0.2, 0.25) is 0 Å². The predicted octanol–water partition coefficient (Wildman–Crippen LogP) is 3.46. The number of carbonyl (C=O) groups excluding carboxylic acids is 1. The van der Waals surface area contributed by atoms with Gasteiger partial charge in [0.25, 0.3) is 0 Å². The minimum atomic E-state index is 0.249. The molecular formula is C18H28N4O2S2. The molecule has 0 spiro atoms. The molecule has 1 heterocycles. The normalized spacial score (nSPS) is 18.8. The molecule has 1 aromatic carbocycles. The van der Waals surface area contributed by atoms with Gasteiger partial charge < -0.3 is 4.84 Å². The minimum Gasteiger partial charge on any atom is -0.346 e. The van der Waals surface area contributed by atoms with Gasteiger partial charge in [-0.25, -0.2) is 14.1 Å². The Labute approximate surface area is 165 Å². The van der Waals surface area contributed by atoms with Gasteiger partial charge in [-0.2, -0.15) is 0 Å². The molecule has 1 aromatic rings. The highest BCUT2D eigenvalue weighted by molar-refractivity contribution is 7.97. The van der Waals surface area contributed by atoms with E-state index < -0.39 is 0 Å². The minimum absolute atomic E-state index is 0.249. The van der Waals surface area contributed by atoms with E-state index in [1.165, 1.54) is 9.79 Å². The topological polar surface area (TPSA) is 57.2 Å². The van der Waals surface area contributed by atoms with Gasteiger partial charge >= 0.3 is 6.47 Å². The summed E-state index contributed by atoms with van der Waals surface area (Å²) in [5.74, 6) is 0.979. The van der Waals surface area contributed by atoms with Crippen LogP contribution >= 0.6 is 23.9 Å². The van der Waals surface area contributed by atoms with Crippen LogP contribution in [-0.2, 0) is 9.63 Å². The van der Waals surface area contributed by atoms with E-state index >= 15 is 0 Å². The quantitative estimate of drug-likeness (QED) is 0.225. The molecule has 0 amide bonds. The molecular weight excluding hydrogens is 368 g/mol. The number of carbonyl (C=O) groups is 1. The fraction of sp³-hybridized carbons (Fsp3) is 0.556. The lowest BCUT2D eigenvalue weighted by molar-refractivity contribution is -0.132. The van der Waals surface area contributed by atoms with E-state index in [0.717, 1.165) is 44.9 Å². The zero-order valence-corrected chi connectivity index (χ0v) is 17.3. The molecule has 0 bridgehead atoms. The lowest BCUT2D eigenvalue weighted by atomic mass is 9.98. The van der Waals surface area contributed by atoms with Crippen molar-refractivity contribution < 1.29 is 9.63 Å². The summed E-state index contributed by atoms with van der Waals surface area (Å²) in [6, 6.07) is 8.74. The summed E-state index contributed by atoms with van der Waals surface area (Å²) in [4.78, 5) is 21.8. The van der Waals surface area contributed by atoms with Crippen molar-refractivity contribution in [1.82, 2.24) is 14.1 Å². The molecule has 0 radical (unpaired) electrons. The van der Waals surface area contributed by atoms with Gasteiger partial charge in [0.1, 0.15) is 5.84 Å². The molecule has 1 unspecified atom stereocenters. The smallest absolute Gasteiger partial charge is 0.320 e. The lowest BCUT2D eigenvalue weighted by Gasteiger charge is -2.32. The van der Waals surface area contributed by atoms with Gasteiger partial charge in [0.05, 0.1) is 0 Å². The van der Waals surface area contributed by atoms with Crippen LogP contribution in [0.3, 0.4) is 0 Å². The van der Waals surface area contributed by atoms with Crippen molar-refractivity contribution >= 4 is 36.2 Å². The van der Waals surface area contributed by atoms with Crippen molar-refractivity contribution in [2.45, 2.75) is 36.5 Å². The molecule has 1 saturated heterocycles. The third kappa shape index (κ3) is 6.50. The number of hydrogen-bond donors (Lipinski definition) is 1. The van der Waals surface area contributed by atoms with Crippen LogP contribution in [0.15, 0.2) is 39.0 Å². The Bertz CT molecular complexity index is 579. The van der Waals surface area contributed by atoms with Crippen LogP contribution in [0.2, 0.25) is 0 Å². The highest BCUT2D eigenvalue weighted by atomic mass is 32.2. The number of amidine groups is 1. The summed E-state index contributed by atoms with van der Waals surface area (Å²) in [7, 11) is 1.72. The number of nitrogens with zero attached hydrogens (tertiary/aromatic N) is 3. The van der Waals surface area contributed by atoms with Crippen molar-refractivity contribution in [3.05, 3.63) is 24.3 Å². The van der Waals surface area contributed by atoms with Crippen molar-refractivity contribution in [3.8, 4) is 0 Å². The van der Waals surface area contributed by atoms with Crippen LogP contribution in [0.5, 0.6) is 0 Å². The highest BCUT2D eigenvalue weighted by Gasteiger charge is 2.25. The third-order valence-electron chi connectivity index (χ3n) is 4.22. The molecule has 8 heteroatoms. The van der Waals surface area contributed by atoms with E-state index in [9.17, 15) is 4.79 Å². The van der Waals surface area contributed by atoms with E-state index in [1.54, 1.807) is 30.9 Å². The Morgan fingerprint density at radius 1 is 1.35 bits per heavy atom. The Morgan fingerprint density at radius 2 is 2.04 bits per heavy atom. The molecule has 0 aliphatic carbocycles. The molecule has 1 fully saturated rings. The van der Waals surface area contributed by atoms with E-state index in [2.05, 4.69) is 62.0 Å². The Kier molecular flexibility index (Phi) is 9.31. The van der Waals surface area contributed by atoms with E-state index in [4.69, 9.17) is 0 Å². The van der Waals surface area contributed by atoms with Crippen LogP contribution in [-0.4, -0.2) is 54.1 Å². The first kappa shape index (κ1) is 21.1. The van der Waals surface area contributed by atoms with Crippen molar-refractivity contribution in [2.75, 3.05) is 33.2 Å². The zero-order chi connectivity index (χ0) is 18.8. The first-order valence-corrected chi connectivity index (χ1v) is 10.5. The predicted molar refractivity (Wildman–Crippen MR) is 109 cm³/mol. The van der Waals surface area contributed by atoms with Crippen LogP contribution in [0.1, 0.15) is 26.7 Å². The molecule has 144 valence electrons. The molecule has 1 atom stereocenters. The molecule has 1 N–H and O–H groups in total. The number of aliphatic imine (C=N–C) groups is 1. The second kappa shape index (κ2) is 11.5. The Hall–Kier alpha value is -1.22. The summed E-state index contributed by atoms with van der Waals surface area (Å²) < 4.78 is 4.69. The second-order valence-corrected chi connectivity index (χ2v) is 8.26. The van der Waals surface area contributed by atoms with Gasteiger partial charge in [0, 0.05) is 48.9 Å². The number of hydroxylamine groups is 1. The monoisotopic (exact) mass is 396 g/mol. The average Bonchev–Trinajstić information content (AvgIpc) is 2.68. The molecule has 26 heavy (non-hydrogen) atoms. The van der Waals surface area contributed by atoms with Crippen molar-refractivity contribution in [3.63, 3.8) is 0 Å². The van der Waals surface area contributed by atoms with E-state index in [1.807, 2.05) is 0 Å². The lowest BCUT2D eigenvalue weighted by Crippen LogP contribution is -2.40. The second-order valence-electron chi connectivity index (χ2n) is 5.92. The van der Waals surface area contributed by atoms with Gasteiger partial charge in [-0.15, -0.1) is 0 Å². The maximum atomic E-state index is 10.4. The molecule has 2 rings (SSSR count). The van der Waals surface area contributed by atoms with Gasteiger partial charge in [0.15, 0.2) is 0 Å². The molecule has 0 aromatic heterocycles. The Morgan fingerprint density at radius 3 is 2.65 bits per heavy atom. The fourth-order valence-corrected chi connectivity index (χ4v) is 4.70. The van der Waals surface area contributed by atoms with Crippen molar-refractivity contribution in [2.24, 2.45) is 10.9 Å². The van der Waals surface area contributed by atoms with Crippen LogP contribution in [0.4, 0.5) is 0 Å². The third-order valence-corrected chi connectivity index (χ3v) is 6.55. The highest BCUT2D eigenvalue weighted by Crippen LogP contribution is 2.31. The zero-order valence-electron chi connectivity index (χ0n) is 15.7. The SMILES string of the molecule is CCN(CC)Sc1ccc(SN2CCCC(C(=NC)NOC=O)C2)cc1. The van der Waals surface area contributed by atoms with Crippen molar-refractivity contribution in [1.29, 1.82) is 0 Å². The number of benzene rings is 1. The first-order chi connectivity index (χ1) is 12.7. The maximum absolute atomic E-state index is 10.4. The summed E-state index contributed by atoms with van der Waals surface area (Å²) in [5.41, 5.74) is 2.65. The van der Waals surface area contributed by atoms with E-state index in [-0.39, 0.29) is 5.92 Å². The summed E-state index contributed by atoms with van der Waals surface area (Å²) >= 11 is 3.58. The standard InChI is InChI=1S/C18H28N4O2S2/c1-4-21(5-2)25-16-8-10-17(11-9-16)26-22-12-6-7-15(13-22)18(19-3)20-24-14-23/h8-11,14-15H,4-7,12-13H2,1-3H3,(H,19,20). The van der Waals surface area contributed by atoms with E-state index in [0.29, 0.717) is 6.47 Å². The van der Waals surface area contributed by atoms with Gasteiger partial charge in [-0.1, -0.05) is 13.8 Å². The van der Waals surface area contributed by atoms with Crippen LogP contribution in [0, 0.1) is 5.92 Å². The van der Waals surface area contributed by atoms with Crippen LogP contribution < -0.4 is 5.48 Å². The largest absolute Gasteiger partial charge is 0.346 e.